The monoisotopic (exact) mass is 940 g/mol. The molecule has 0 N–H and O–H groups in total. The van der Waals surface area contributed by atoms with E-state index in [0.717, 1.165) is 12.8 Å². The summed E-state index contributed by atoms with van der Waals surface area (Å²) >= 11 is 1.90. The van der Waals surface area contributed by atoms with E-state index in [1.54, 1.807) is 0 Å². The first-order valence-electron chi connectivity index (χ1n) is 26.0. The van der Waals surface area contributed by atoms with Crippen molar-refractivity contribution in [2.45, 2.75) is 123 Å². The maximum absolute atomic E-state index is 2.69. The van der Waals surface area contributed by atoms with Crippen LogP contribution in [0.1, 0.15) is 122 Å². The highest BCUT2D eigenvalue weighted by atomic mass is 32.1. The molecule has 8 aromatic carbocycles. The Bertz CT molecular complexity index is 3730. The maximum atomic E-state index is 2.69. The van der Waals surface area contributed by atoms with Gasteiger partial charge in [-0.1, -0.05) is 167 Å². The summed E-state index contributed by atoms with van der Waals surface area (Å²) in [4.78, 5) is 5.34. The van der Waals surface area contributed by atoms with E-state index in [9.17, 15) is 0 Å². The van der Waals surface area contributed by atoms with Gasteiger partial charge in [0.2, 0.25) is 0 Å². The van der Waals surface area contributed by atoms with E-state index in [1.165, 1.54) is 126 Å². The number of nitrogens with zero attached hydrogens (tertiary/aromatic N) is 2. The Morgan fingerprint density at radius 3 is 1.82 bits per heavy atom. The Kier molecular flexibility index (Phi) is 9.33. The van der Waals surface area contributed by atoms with Gasteiger partial charge in [0, 0.05) is 54.2 Å². The zero-order valence-electron chi connectivity index (χ0n) is 43.7. The Morgan fingerprint density at radius 1 is 0.465 bits per heavy atom. The lowest BCUT2D eigenvalue weighted by atomic mass is 9.33. The van der Waals surface area contributed by atoms with Crippen molar-refractivity contribution >= 4 is 88.7 Å². The predicted molar refractivity (Wildman–Crippen MR) is 309 cm³/mol. The zero-order valence-corrected chi connectivity index (χ0v) is 44.5. The SMILES string of the molecule is Cc1cc2c3c(c1)N(c1ccc(C(C)(C)C)cc1-c1ccccc1)c1ccc(-c4cccc5sc6ccccc6c45)cc1B3c1cc3c(cc1N2c1ccc2c(c1)C(C)(C)CC2(C)C)C(C)(C)CC3(C)C. The third-order valence-electron chi connectivity index (χ3n) is 17.2. The van der Waals surface area contributed by atoms with Crippen molar-refractivity contribution in [2.24, 2.45) is 0 Å². The third-order valence-corrected chi connectivity index (χ3v) is 18.3. The molecule has 1 aromatic heterocycles. The van der Waals surface area contributed by atoms with Crippen LogP contribution in [0.15, 0.2) is 152 Å². The van der Waals surface area contributed by atoms with Gasteiger partial charge >= 0.3 is 0 Å². The minimum absolute atomic E-state index is 0.0138. The van der Waals surface area contributed by atoms with E-state index in [-0.39, 0.29) is 33.8 Å². The molecule has 352 valence electrons. The van der Waals surface area contributed by atoms with Crippen LogP contribution in [-0.4, -0.2) is 6.71 Å². The Hall–Kier alpha value is -6.36. The molecule has 0 saturated heterocycles. The van der Waals surface area contributed by atoms with Gasteiger partial charge in [0.15, 0.2) is 0 Å². The van der Waals surface area contributed by atoms with Gasteiger partial charge in [0.1, 0.15) is 0 Å². The molecule has 2 nitrogen and oxygen atoms in total. The van der Waals surface area contributed by atoms with E-state index in [4.69, 9.17) is 0 Å². The number of hydrogen-bond acceptors (Lipinski definition) is 3. The van der Waals surface area contributed by atoms with E-state index in [1.807, 2.05) is 11.3 Å². The van der Waals surface area contributed by atoms with Crippen LogP contribution in [0.25, 0.3) is 42.4 Å². The summed E-state index contributed by atoms with van der Waals surface area (Å²) in [6.07, 6.45) is 2.25. The Morgan fingerprint density at radius 2 is 1.08 bits per heavy atom. The normalized spacial score (nSPS) is 17.5. The second-order valence-electron chi connectivity index (χ2n) is 25.3. The van der Waals surface area contributed by atoms with Crippen LogP contribution >= 0.6 is 11.3 Å². The molecule has 0 radical (unpaired) electrons. The number of aryl methyl sites for hydroxylation is 1. The number of thiophene rings is 1. The number of rotatable bonds is 4. The summed E-state index contributed by atoms with van der Waals surface area (Å²) in [5, 5.41) is 2.68. The lowest BCUT2D eigenvalue weighted by molar-refractivity contribution is 0.403. The molecule has 4 aliphatic rings. The smallest absolute Gasteiger partial charge is 0.252 e. The summed E-state index contributed by atoms with van der Waals surface area (Å²) in [5.41, 5.74) is 25.4. The van der Waals surface area contributed by atoms with Gasteiger partial charge in [-0.3, -0.25) is 0 Å². The molecule has 0 bridgehead atoms. The fourth-order valence-electron chi connectivity index (χ4n) is 14.5. The number of anilines is 6. The molecule has 4 heteroatoms. The van der Waals surface area contributed by atoms with Crippen molar-refractivity contribution in [2.75, 3.05) is 9.80 Å². The van der Waals surface area contributed by atoms with Gasteiger partial charge in [0.25, 0.3) is 6.71 Å². The van der Waals surface area contributed by atoms with Crippen LogP contribution < -0.4 is 26.2 Å². The lowest BCUT2D eigenvalue weighted by Gasteiger charge is -2.45. The van der Waals surface area contributed by atoms with E-state index in [2.05, 4.69) is 245 Å². The van der Waals surface area contributed by atoms with Crippen molar-refractivity contribution < 1.29 is 0 Å². The lowest BCUT2D eigenvalue weighted by Crippen LogP contribution is -2.61. The van der Waals surface area contributed by atoms with E-state index in [0.29, 0.717) is 0 Å². The molecule has 3 heterocycles. The molecule has 0 amide bonds. The van der Waals surface area contributed by atoms with Crippen LogP contribution in [0, 0.1) is 6.92 Å². The van der Waals surface area contributed by atoms with Gasteiger partial charge in [-0.25, -0.2) is 0 Å². The van der Waals surface area contributed by atoms with E-state index < -0.39 is 0 Å². The maximum Gasteiger partial charge on any atom is 0.252 e. The summed E-state index contributed by atoms with van der Waals surface area (Å²) in [5.74, 6) is 0. The molecule has 0 saturated carbocycles. The fourth-order valence-corrected chi connectivity index (χ4v) is 15.6. The minimum atomic E-state index is -0.0241. The van der Waals surface area contributed by atoms with Crippen LogP contribution in [0.2, 0.25) is 0 Å². The molecule has 0 unspecified atom stereocenters. The first-order chi connectivity index (χ1) is 33.7. The topological polar surface area (TPSA) is 6.48 Å². The molecule has 2 aliphatic carbocycles. The summed E-state index contributed by atoms with van der Waals surface area (Å²) in [6, 6.07) is 59.5. The molecule has 0 atom stereocenters. The molecule has 2 aliphatic heterocycles. The van der Waals surface area contributed by atoms with Crippen molar-refractivity contribution in [1.82, 2.24) is 0 Å². The number of benzene rings is 8. The summed E-state index contributed by atoms with van der Waals surface area (Å²) in [6.45, 7) is 29.0. The Balaban J connectivity index is 1.15. The van der Waals surface area contributed by atoms with Gasteiger partial charge in [-0.15, -0.1) is 11.3 Å². The summed E-state index contributed by atoms with van der Waals surface area (Å²) < 4.78 is 2.66. The second-order valence-corrected chi connectivity index (χ2v) is 26.4. The largest absolute Gasteiger partial charge is 0.311 e. The highest BCUT2D eigenvalue weighted by Crippen LogP contribution is 2.55. The highest BCUT2D eigenvalue weighted by molar-refractivity contribution is 7.26. The van der Waals surface area contributed by atoms with Crippen molar-refractivity contribution in [3.8, 4) is 22.3 Å². The quantitative estimate of drug-likeness (QED) is 0.162. The molecule has 0 spiro atoms. The minimum Gasteiger partial charge on any atom is -0.311 e. The van der Waals surface area contributed by atoms with Crippen LogP contribution in [-0.2, 0) is 27.1 Å². The first-order valence-corrected chi connectivity index (χ1v) is 26.9. The van der Waals surface area contributed by atoms with Crippen LogP contribution in [0.5, 0.6) is 0 Å². The average Bonchev–Trinajstić information content (AvgIpc) is 3.86. The molecule has 71 heavy (non-hydrogen) atoms. The molecule has 13 rings (SSSR count). The van der Waals surface area contributed by atoms with Gasteiger partial charge < -0.3 is 9.80 Å². The first kappa shape index (κ1) is 44.6. The van der Waals surface area contributed by atoms with Crippen molar-refractivity contribution in [3.63, 3.8) is 0 Å². The number of fused-ring (bicyclic) bond motifs is 9. The van der Waals surface area contributed by atoms with Crippen molar-refractivity contribution in [3.05, 3.63) is 185 Å². The molecule has 9 aromatic rings. The standard InChI is InChI=1S/C67H65BN2S/c1-40-31-57-62-58(32-40)70(54-30-26-43(63(2,3)4)34-47(54)41-19-14-13-15-20-41)55-29-25-42(45-22-18-24-60-61(45)46-21-16-17-23-59(46)71-60)33-52(55)68(62)53-36-50-51(67(11,12)39-66(50,9)10)37-56(53)69(57)44-27-28-48-49(35-44)65(7,8)38-64(48,5)6/h13-37H,38-39H2,1-12H3. The Labute approximate surface area is 426 Å². The predicted octanol–water partition coefficient (Wildman–Crippen LogP) is 17.0. The second kappa shape index (κ2) is 14.9. The van der Waals surface area contributed by atoms with Crippen LogP contribution in [0.3, 0.4) is 0 Å². The molecule has 0 fully saturated rings. The van der Waals surface area contributed by atoms with Gasteiger partial charge in [-0.05, 0) is 174 Å². The fraction of sp³-hybridized carbons (Fsp3) is 0.284. The van der Waals surface area contributed by atoms with Crippen molar-refractivity contribution in [1.29, 1.82) is 0 Å². The van der Waals surface area contributed by atoms with Gasteiger partial charge in [-0.2, -0.15) is 0 Å². The zero-order chi connectivity index (χ0) is 49.3. The average molecular weight is 941 g/mol. The highest BCUT2D eigenvalue weighted by Gasteiger charge is 2.49. The molecular formula is C67H65BN2S. The number of hydrogen-bond donors (Lipinski definition) is 0. The van der Waals surface area contributed by atoms with E-state index >= 15 is 0 Å². The van der Waals surface area contributed by atoms with Crippen LogP contribution in [0.4, 0.5) is 34.1 Å². The molecular weight excluding hydrogens is 876 g/mol. The van der Waals surface area contributed by atoms with Gasteiger partial charge in [0.05, 0.1) is 5.69 Å². The summed E-state index contributed by atoms with van der Waals surface area (Å²) in [7, 11) is 0. The third kappa shape index (κ3) is 6.59.